The number of halogens is 3. The summed E-state index contributed by atoms with van der Waals surface area (Å²) >= 11 is 0. The van der Waals surface area contributed by atoms with Gasteiger partial charge in [-0.15, -0.1) is 0 Å². The zero-order chi connectivity index (χ0) is 24.8. The van der Waals surface area contributed by atoms with E-state index in [0.29, 0.717) is 55.2 Å². The van der Waals surface area contributed by atoms with E-state index in [1.807, 2.05) is 32.7 Å². The van der Waals surface area contributed by atoms with Gasteiger partial charge < -0.3 is 18.9 Å². The molecule has 0 aliphatic carbocycles. The highest BCUT2D eigenvalue weighted by molar-refractivity contribution is 5.95. The largest absolute Gasteiger partial charge is 0.493 e. The molecule has 0 saturated carbocycles. The predicted octanol–water partition coefficient (Wildman–Crippen LogP) is 4.77. The van der Waals surface area contributed by atoms with Gasteiger partial charge in [0, 0.05) is 36.9 Å². The molecule has 1 spiro atoms. The molecule has 186 valence electrons. The molecule has 2 atom stereocenters. The number of hydrogen-bond donors (Lipinski definition) is 0. The number of carbonyl (C=O) groups is 1. The summed E-state index contributed by atoms with van der Waals surface area (Å²) in [5, 5.41) is 0. The number of methoxy groups -OCH3 is 1. The quantitative estimate of drug-likeness (QED) is 0.634. The summed E-state index contributed by atoms with van der Waals surface area (Å²) in [7, 11) is 3.50. The number of amides is 1. The number of fused-ring (bicyclic) bond motifs is 2. The van der Waals surface area contributed by atoms with E-state index in [2.05, 4.69) is 4.90 Å². The summed E-state index contributed by atoms with van der Waals surface area (Å²) in [4.78, 5) is 17.4. The van der Waals surface area contributed by atoms with E-state index in [0.717, 1.165) is 0 Å². The Morgan fingerprint density at radius 3 is 2.47 bits per heavy atom. The van der Waals surface area contributed by atoms with Crippen LogP contribution in [0.5, 0.6) is 11.5 Å². The fourth-order valence-electron chi connectivity index (χ4n) is 5.45. The van der Waals surface area contributed by atoms with Gasteiger partial charge in [0.25, 0.3) is 5.91 Å². The van der Waals surface area contributed by atoms with Crippen LogP contribution in [-0.4, -0.2) is 59.7 Å². The molecule has 0 bridgehead atoms. The van der Waals surface area contributed by atoms with Gasteiger partial charge >= 0.3 is 6.18 Å². The lowest BCUT2D eigenvalue weighted by Crippen LogP contribution is -2.59. The number of benzene rings is 1. The molecule has 34 heavy (non-hydrogen) atoms. The van der Waals surface area contributed by atoms with Crippen molar-refractivity contribution in [3.63, 3.8) is 0 Å². The molecule has 1 aromatic carbocycles. The van der Waals surface area contributed by atoms with Gasteiger partial charge in [0.2, 0.25) is 0 Å². The maximum atomic E-state index is 13.5. The Kier molecular flexibility index (Phi) is 6.35. The van der Waals surface area contributed by atoms with Crippen LogP contribution >= 0.6 is 0 Å². The van der Waals surface area contributed by atoms with Crippen LogP contribution in [-0.2, 0) is 18.3 Å². The Morgan fingerprint density at radius 1 is 1.12 bits per heavy atom. The lowest BCUT2D eigenvalue weighted by Gasteiger charge is -2.53. The van der Waals surface area contributed by atoms with E-state index in [9.17, 15) is 18.0 Å². The van der Waals surface area contributed by atoms with Gasteiger partial charge in [0.05, 0.1) is 18.8 Å². The standard InChI is InChI=1S/C25H32F3N3O3/c1-16(2)34-19-7-6-18(14-20(19)33-5)23(32)30-11-10-24(15-17(30)3)21-8-9-22(25(26,27)28)31(21)13-12-29(24)4/h6-9,14,16-17H,10-13,15H2,1-5H3/t17-,24+/m1/s1. The average Bonchev–Trinajstić information content (AvgIpc) is 3.22. The summed E-state index contributed by atoms with van der Waals surface area (Å²) in [6.07, 6.45) is -3.30. The van der Waals surface area contributed by atoms with E-state index < -0.39 is 17.4 Å². The Hall–Kier alpha value is -2.68. The minimum atomic E-state index is -4.39. The van der Waals surface area contributed by atoms with Crippen LogP contribution in [0, 0.1) is 0 Å². The Labute approximate surface area is 198 Å². The number of ether oxygens (including phenoxy) is 2. The van der Waals surface area contributed by atoms with Crippen LogP contribution in [0.15, 0.2) is 30.3 Å². The first kappa shape index (κ1) is 24.4. The van der Waals surface area contributed by atoms with Crippen LogP contribution < -0.4 is 9.47 Å². The molecule has 0 N–H and O–H groups in total. The minimum Gasteiger partial charge on any atom is -0.493 e. The van der Waals surface area contributed by atoms with E-state index in [1.165, 1.54) is 17.7 Å². The van der Waals surface area contributed by atoms with Crippen molar-refractivity contribution >= 4 is 5.91 Å². The fraction of sp³-hybridized carbons (Fsp3) is 0.560. The minimum absolute atomic E-state index is 0.0296. The van der Waals surface area contributed by atoms with E-state index in [-0.39, 0.29) is 18.1 Å². The molecule has 3 heterocycles. The zero-order valence-corrected chi connectivity index (χ0v) is 20.3. The first-order chi connectivity index (χ1) is 16.0. The van der Waals surface area contributed by atoms with Gasteiger partial charge in [-0.2, -0.15) is 13.2 Å². The number of alkyl halides is 3. The Morgan fingerprint density at radius 2 is 1.85 bits per heavy atom. The van der Waals surface area contributed by atoms with Crippen molar-refractivity contribution in [2.75, 3.05) is 27.2 Å². The van der Waals surface area contributed by atoms with Gasteiger partial charge in [-0.3, -0.25) is 9.69 Å². The molecule has 1 fully saturated rings. The average molecular weight is 480 g/mol. The van der Waals surface area contributed by atoms with Crippen LogP contribution in [0.25, 0.3) is 0 Å². The first-order valence-electron chi connectivity index (χ1n) is 11.6. The summed E-state index contributed by atoms with van der Waals surface area (Å²) in [5.41, 5.74) is 0.0433. The van der Waals surface area contributed by atoms with Crippen LogP contribution in [0.4, 0.5) is 13.2 Å². The van der Waals surface area contributed by atoms with Crippen molar-refractivity contribution in [1.29, 1.82) is 0 Å². The van der Waals surface area contributed by atoms with Crippen molar-refractivity contribution < 1.29 is 27.4 Å². The van der Waals surface area contributed by atoms with E-state index in [4.69, 9.17) is 9.47 Å². The van der Waals surface area contributed by atoms with Gasteiger partial charge in [0.1, 0.15) is 5.69 Å². The van der Waals surface area contributed by atoms with Crippen LogP contribution in [0.3, 0.4) is 0 Å². The molecule has 4 rings (SSSR count). The van der Waals surface area contributed by atoms with Gasteiger partial charge in [0.15, 0.2) is 11.5 Å². The maximum Gasteiger partial charge on any atom is 0.431 e. The molecule has 2 aliphatic rings. The molecule has 1 amide bonds. The maximum absolute atomic E-state index is 13.5. The topological polar surface area (TPSA) is 46.9 Å². The summed E-state index contributed by atoms with van der Waals surface area (Å²) in [6, 6.07) is 7.80. The second kappa shape index (κ2) is 8.83. The van der Waals surface area contributed by atoms with E-state index >= 15 is 0 Å². The SMILES string of the molecule is COc1cc(C(=O)N2CC[C@]3(C[C@H]2C)c2ccc(C(F)(F)F)n2CCN3C)ccc1OC(C)C. The molecule has 2 aromatic rings. The van der Waals surface area contributed by atoms with Crippen molar-refractivity contribution in [3.05, 3.63) is 47.3 Å². The number of hydrogen-bond acceptors (Lipinski definition) is 4. The van der Waals surface area contributed by atoms with Crippen molar-refractivity contribution in [2.45, 2.75) is 64.0 Å². The van der Waals surface area contributed by atoms with Crippen molar-refractivity contribution in [1.82, 2.24) is 14.4 Å². The number of rotatable bonds is 4. The number of piperidine rings is 1. The third-order valence-electron chi connectivity index (χ3n) is 7.10. The number of likely N-dealkylation sites (tertiary alicyclic amines) is 1. The predicted molar refractivity (Wildman–Crippen MR) is 122 cm³/mol. The fourth-order valence-corrected chi connectivity index (χ4v) is 5.45. The number of aromatic nitrogens is 1. The summed E-state index contributed by atoms with van der Waals surface area (Å²) in [5.74, 6) is 0.941. The highest BCUT2D eigenvalue weighted by atomic mass is 19.4. The lowest BCUT2D eigenvalue weighted by molar-refractivity contribution is -0.145. The first-order valence-corrected chi connectivity index (χ1v) is 11.6. The Balaban J connectivity index is 1.59. The number of carbonyl (C=O) groups excluding carboxylic acids is 1. The summed E-state index contributed by atoms with van der Waals surface area (Å²) < 4.78 is 53.2. The molecular formula is C25H32F3N3O3. The smallest absolute Gasteiger partial charge is 0.431 e. The van der Waals surface area contributed by atoms with Crippen molar-refractivity contribution in [3.8, 4) is 11.5 Å². The number of likely N-dealkylation sites (N-methyl/N-ethyl adjacent to an activating group) is 1. The van der Waals surface area contributed by atoms with Gasteiger partial charge in [-0.25, -0.2) is 0 Å². The third kappa shape index (κ3) is 4.15. The lowest BCUT2D eigenvalue weighted by atomic mass is 9.78. The molecule has 0 unspecified atom stereocenters. The molecule has 2 aliphatic heterocycles. The van der Waals surface area contributed by atoms with Gasteiger partial charge in [-0.05, 0) is 71.0 Å². The van der Waals surface area contributed by atoms with Crippen LogP contribution in [0.2, 0.25) is 0 Å². The summed E-state index contributed by atoms with van der Waals surface area (Å²) in [6.45, 7) is 7.08. The molecule has 6 nitrogen and oxygen atoms in total. The highest BCUT2D eigenvalue weighted by Crippen LogP contribution is 2.45. The molecule has 1 saturated heterocycles. The highest BCUT2D eigenvalue weighted by Gasteiger charge is 2.49. The van der Waals surface area contributed by atoms with Gasteiger partial charge in [-0.1, -0.05) is 0 Å². The number of nitrogens with zero attached hydrogens (tertiary/aromatic N) is 3. The third-order valence-corrected chi connectivity index (χ3v) is 7.10. The molecule has 0 radical (unpaired) electrons. The normalized spacial score (nSPS) is 23.3. The monoisotopic (exact) mass is 479 g/mol. The Bertz CT molecular complexity index is 1070. The molecule has 1 aromatic heterocycles. The second-order valence-electron chi connectivity index (χ2n) is 9.54. The van der Waals surface area contributed by atoms with Crippen molar-refractivity contribution in [2.24, 2.45) is 0 Å². The molecular weight excluding hydrogens is 447 g/mol. The van der Waals surface area contributed by atoms with E-state index in [1.54, 1.807) is 24.3 Å². The zero-order valence-electron chi connectivity index (χ0n) is 20.3. The van der Waals surface area contributed by atoms with Crippen LogP contribution in [0.1, 0.15) is 55.4 Å². The molecule has 9 heteroatoms. The second-order valence-corrected chi connectivity index (χ2v) is 9.54.